The third-order valence-electron chi connectivity index (χ3n) is 5.15. The maximum atomic E-state index is 5.79. The summed E-state index contributed by atoms with van der Waals surface area (Å²) in [4.78, 5) is 11.5. The first-order chi connectivity index (χ1) is 14.7. The van der Waals surface area contributed by atoms with E-state index in [4.69, 9.17) is 14.5 Å². The van der Waals surface area contributed by atoms with E-state index >= 15 is 0 Å². The first kappa shape index (κ1) is 21.8. The van der Waals surface area contributed by atoms with E-state index in [1.165, 1.54) is 0 Å². The quantitative estimate of drug-likeness (QED) is 0.429. The highest BCUT2D eigenvalue weighted by Crippen LogP contribution is 2.29. The van der Waals surface area contributed by atoms with Crippen molar-refractivity contribution < 1.29 is 9.47 Å². The van der Waals surface area contributed by atoms with Crippen LogP contribution in [0, 0.1) is 0 Å². The maximum Gasteiger partial charge on any atom is 0.213 e. The molecule has 3 aromatic rings. The molecule has 1 aromatic carbocycles. The molecule has 0 bridgehead atoms. The van der Waals surface area contributed by atoms with Crippen molar-refractivity contribution in [2.24, 2.45) is 0 Å². The van der Waals surface area contributed by atoms with Gasteiger partial charge in [0, 0.05) is 30.1 Å². The zero-order chi connectivity index (χ0) is 21.3. The zero-order valence-corrected chi connectivity index (χ0v) is 18.4. The summed E-state index contributed by atoms with van der Waals surface area (Å²) in [6.07, 6.45) is 3.90. The van der Waals surface area contributed by atoms with E-state index in [0.29, 0.717) is 12.5 Å². The normalized spacial score (nSPS) is 11.1. The van der Waals surface area contributed by atoms with Gasteiger partial charge in [0.15, 0.2) is 0 Å². The molecular weight excluding hydrogens is 376 g/mol. The second kappa shape index (κ2) is 10.8. The van der Waals surface area contributed by atoms with Gasteiger partial charge < -0.3 is 14.8 Å². The van der Waals surface area contributed by atoms with Crippen LogP contribution in [0.15, 0.2) is 42.6 Å². The van der Waals surface area contributed by atoms with E-state index < -0.39 is 0 Å². The van der Waals surface area contributed by atoms with Crippen LogP contribution in [0.4, 0.5) is 11.4 Å². The van der Waals surface area contributed by atoms with Gasteiger partial charge in [-0.05, 0) is 49.8 Å². The fourth-order valence-electron chi connectivity index (χ4n) is 3.33. The molecule has 0 aliphatic rings. The van der Waals surface area contributed by atoms with Gasteiger partial charge in [0.2, 0.25) is 5.88 Å². The summed E-state index contributed by atoms with van der Waals surface area (Å²) in [5.74, 6) is 1.53. The summed E-state index contributed by atoms with van der Waals surface area (Å²) in [6.45, 7) is 10.0. The Labute approximate surface area is 179 Å². The van der Waals surface area contributed by atoms with E-state index in [1.54, 1.807) is 13.3 Å². The average molecular weight is 409 g/mol. The van der Waals surface area contributed by atoms with Gasteiger partial charge >= 0.3 is 0 Å². The lowest BCUT2D eigenvalue weighted by atomic mass is 10.1. The van der Waals surface area contributed by atoms with Gasteiger partial charge in [-0.25, -0.2) is 4.98 Å². The lowest BCUT2D eigenvalue weighted by Gasteiger charge is -2.20. The summed E-state index contributed by atoms with van der Waals surface area (Å²) in [5, 5.41) is 3.51. The number of anilines is 2. The number of hydrogen-bond acceptors (Lipinski definition) is 6. The number of methoxy groups -OCH3 is 1. The smallest absolute Gasteiger partial charge is 0.213 e. The van der Waals surface area contributed by atoms with E-state index in [2.05, 4.69) is 42.0 Å². The van der Waals surface area contributed by atoms with Crippen LogP contribution in [0.2, 0.25) is 0 Å². The Morgan fingerprint density at radius 2 is 1.87 bits per heavy atom. The predicted octanol–water partition coefficient (Wildman–Crippen LogP) is 5.40. The lowest BCUT2D eigenvalue weighted by Crippen LogP contribution is -2.22. The van der Waals surface area contributed by atoms with Crippen LogP contribution in [0.3, 0.4) is 0 Å². The minimum atomic E-state index is 0.629. The number of pyridine rings is 2. The molecule has 30 heavy (non-hydrogen) atoms. The molecule has 0 radical (unpaired) electrons. The Balaban J connectivity index is 1.88. The van der Waals surface area contributed by atoms with Crippen LogP contribution in [-0.2, 0) is 6.54 Å². The summed E-state index contributed by atoms with van der Waals surface area (Å²) in [7, 11) is 1.72. The minimum absolute atomic E-state index is 0.629. The number of hydrogen-bond donors (Lipinski definition) is 1. The summed E-state index contributed by atoms with van der Waals surface area (Å²) >= 11 is 0. The van der Waals surface area contributed by atoms with Crippen LogP contribution in [-0.4, -0.2) is 41.7 Å². The number of nitrogens with zero attached hydrogens (tertiary/aromatic N) is 3. The number of nitrogens with one attached hydrogen (secondary N) is 1. The van der Waals surface area contributed by atoms with Crippen molar-refractivity contribution in [2.75, 3.05) is 32.1 Å². The minimum Gasteiger partial charge on any atom is -0.496 e. The second-order valence-corrected chi connectivity index (χ2v) is 7.19. The molecule has 6 nitrogen and oxygen atoms in total. The first-order valence-electron chi connectivity index (χ1n) is 10.7. The Hall–Kier alpha value is -2.86. The largest absolute Gasteiger partial charge is 0.496 e. The van der Waals surface area contributed by atoms with Crippen molar-refractivity contribution in [3.8, 4) is 11.6 Å². The Kier molecular flexibility index (Phi) is 7.85. The van der Waals surface area contributed by atoms with Crippen molar-refractivity contribution in [2.45, 2.75) is 40.2 Å². The highest BCUT2D eigenvalue weighted by Gasteiger charge is 2.11. The Bertz CT molecular complexity index is 957. The summed E-state index contributed by atoms with van der Waals surface area (Å²) in [6, 6.07) is 12.0. The molecular formula is C24H32N4O2. The van der Waals surface area contributed by atoms with Gasteiger partial charge in [-0.3, -0.25) is 9.88 Å². The lowest BCUT2D eigenvalue weighted by molar-refractivity contribution is 0.289. The van der Waals surface area contributed by atoms with Crippen molar-refractivity contribution in [3.63, 3.8) is 0 Å². The van der Waals surface area contributed by atoms with Gasteiger partial charge in [0.25, 0.3) is 0 Å². The molecule has 0 spiro atoms. The highest BCUT2D eigenvalue weighted by molar-refractivity contribution is 5.89. The molecule has 1 N–H and O–H groups in total. The van der Waals surface area contributed by atoms with E-state index in [-0.39, 0.29) is 0 Å². The third kappa shape index (κ3) is 5.39. The first-order valence-corrected chi connectivity index (χ1v) is 10.7. The van der Waals surface area contributed by atoms with Crippen LogP contribution in [0.1, 0.15) is 39.2 Å². The summed E-state index contributed by atoms with van der Waals surface area (Å²) in [5.41, 5.74) is 4.68. The molecule has 0 saturated carbocycles. The number of ether oxygens (including phenoxy) is 2. The van der Waals surface area contributed by atoms with Crippen molar-refractivity contribution in [1.82, 2.24) is 14.9 Å². The van der Waals surface area contributed by atoms with Crippen LogP contribution < -0.4 is 14.8 Å². The van der Waals surface area contributed by atoms with Gasteiger partial charge in [0.1, 0.15) is 11.3 Å². The highest BCUT2D eigenvalue weighted by atomic mass is 16.5. The van der Waals surface area contributed by atoms with E-state index in [9.17, 15) is 0 Å². The second-order valence-electron chi connectivity index (χ2n) is 7.19. The van der Waals surface area contributed by atoms with Crippen molar-refractivity contribution >= 4 is 22.4 Å². The standard InChI is InChI=1S/C24H32N4O2/c1-5-8-15-30-23-12-10-20-24(27-23)21(13-14-25-20)26-19-9-11-22(29-4)18(16-19)17-28(6-2)7-3/h9-14,16H,5-8,15,17H2,1-4H3,(H,25,26). The van der Waals surface area contributed by atoms with Crippen LogP contribution >= 0.6 is 0 Å². The zero-order valence-electron chi connectivity index (χ0n) is 18.4. The van der Waals surface area contributed by atoms with E-state index in [1.807, 2.05) is 30.3 Å². The fourth-order valence-corrected chi connectivity index (χ4v) is 3.33. The molecule has 2 aromatic heterocycles. The molecule has 0 amide bonds. The maximum absolute atomic E-state index is 5.79. The SMILES string of the molecule is CCCCOc1ccc2nccc(Nc3ccc(OC)c(CN(CC)CC)c3)c2n1. The van der Waals surface area contributed by atoms with E-state index in [0.717, 1.165) is 66.2 Å². The van der Waals surface area contributed by atoms with Crippen molar-refractivity contribution in [1.29, 1.82) is 0 Å². The number of rotatable bonds is 11. The number of unbranched alkanes of at least 4 members (excludes halogenated alkanes) is 1. The molecule has 0 aliphatic carbocycles. The molecule has 2 heterocycles. The van der Waals surface area contributed by atoms with Gasteiger partial charge in [0.05, 0.1) is 24.9 Å². The van der Waals surface area contributed by atoms with Gasteiger partial charge in [-0.2, -0.15) is 0 Å². The Morgan fingerprint density at radius 3 is 2.60 bits per heavy atom. The Morgan fingerprint density at radius 1 is 1.03 bits per heavy atom. The molecule has 0 atom stereocenters. The average Bonchev–Trinajstić information content (AvgIpc) is 2.78. The van der Waals surface area contributed by atoms with Gasteiger partial charge in [-0.15, -0.1) is 0 Å². The van der Waals surface area contributed by atoms with Crippen LogP contribution in [0.5, 0.6) is 11.6 Å². The van der Waals surface area contributed by atoms with Crippen molar-refractivity contribution in [3.05, 3.63) is 48.2 Å². The third-order valence-corrected chi connectivity index (χ3v) is 5.15. The number of fused-ring (bicyclic) bond motifs is 1. The molecule has 6 heteroatoms. The number of aromatic nitrogens is 2. The molecule has 3 rings (SSSR count). The predicted molar refractivity (Wildman–Crippen MR) is 123 cm³/mol. The molecule has 0 fully saturated rings. The molecule has 0 saturated heterocycles. The number of benzene rings is 1. The topological polar surface area (TPSA) is 59.5 Å². The molecule has 0 unspecified atom stereocenters. The van der Waals surface area contributed by atoms with Gasteiger partial charge in [-0.1, -0.05) is 27.2 Å². The fraction of sp³-hybridized carbons (Fsp3) is 0.417. The molecule has 160 valence electrons. The monoisotopic (exact) mass is 408 g/mol. The molecule has 0 aliphatic heterocycles. The summed E-state index contributed by atoms with van der Waals surface area (Å²) < 4.78 is 11.4. The van der Waals surface area contributed by atoms with Crippen LogP contribution in [0.25, 0.3) is 11.0 Å².